The van der Waals surface area contributed by atoms with Crippen LogP contribution in [-0.4, -0.2) is 26.5 Å². The molecule has 1 rings (SSSR count). The van der Waals surface area contributed by atoms with E-state index >= 15 is 0 Å². The highest BCUT2D eigenvalue weighted by Gasteiger charge is 1.97. The Morgan fingerprint density at radius 2 is 2.23 bits per heavy atom. The minimum atomic E-state index is 0.269. The first-order valence-corrected chi connectivity index (χ1v) is 4.56. The van der Waals surface area contributed by atoms with Crippen molar-refractivity contribution < 1.29 is 5.11 Å². The van der Waals surface area contributed by atoms with E-state index in [0.29, 0.717) is 12.4 Å². The first-order valence-electron chi connectivity index (χ1n) is 4.56. The van der Waals surface area contributed by atoms with Gasteiger partial charge in [-0.1, -0.05) is 0 Å². The minimum absolute atomic E-state index is 0.269. The highest BCUT2D eigenvalue weighted by atomic mass is 16.2. The number of aryl methyl sites for hydroxylation is 1. The molecule has 0 atom stereocenters. The molecule has 74 valence electrons. The minimum Gasteiger partial charge on any atom is -0.396 e. The number of hydrogen-bond donors (Lipinski definition) is 2. The number of rotatable bonds is 6. The van der Waals surface area contributed by atoms with Gasteiger partial charge in [0.1, 0.15) is 6.33 Å². The van der Waals surface area contributed by atoms with Gasteiger partial charge in [-0.15, -0.1) is 0 Å². The molecule has 0 amide bonds. The lowest BCUT2D eigenvalue weighted by atomic mass is 10.2. The van der Waals surface area contributed by atoms with E-state index in [1.165, 1.54) is 0 Å². The maximum atomic E-state index is 8.55. The van der Waals surface area contributed by atoms with E-state index in [9.17, 15) is 0 Å². The van der Waals surface area contributed by atoms with Gasteiger partial charge < -0.3 is 10.8 Å². The first kappa shape index (κ1) is 10.1. The van der Waals surface area contributed by atoms with Gasteiger partial charge in [-0.3, -0.25) is 4.68 Å². The predicted octanol–water partition coefficient (Wildman–Crippen LogP) is -0.101. The average Bonchev–Trinajstić information content (AvgIpc) is 2.60. The Hall–Kier alpha value is -0.940. The molecule has 1 heterocycles. The molecule has 0 aliphatic heterocycles. The van der Waals surface area contributed by atoms with Crippen molar-refractivity contribution in [2.45, 2.75) is 32.4 Å². The van der Waals surface area contributed by atoms with E-state index in [2.05, 4.69) is 10.1 Å². The summed E-state index contributed by atoms with van der Waals surface area (Å²) in [4.78, 5) is 4.01. The Labute approximate surface area is 77.6 Å². The molecule has 0 spiro atoms. The normalized spacial score (nSPS) is 10.6. The van der Waals surface area contributed by atoms with Crippen LogP contribution >= 0.6 is 0 Å². The summed E-state index contributed by atoms with van der Waals surface area (Å²) in [5.74, 6) is 0.683. The van der Waals surface area contributed by atoms with Crippen LogP contribution in [0.1, 0.15) is 25.1 Å². The molecular weight excluding hydrogens is 168 g/mol. The van der Waals surface area contributed by atoms with Gasteiger partial charge in [0.2, 0.25) is 0 Å². The van der Waals surface area contributed by atoms with Gasteiger partial charge in [-0.25, -0.2) is 4.98 Å². The molecule has 1 aromatic heterocycles. The van der Waals surface area contributed by atoms with Gasteiger partial charge in [-0.2, -0.15) is 5.10 Å². The van der Waals surface area contributed by atoms with Crippen molar-refractivity contribution in [2.24, 2.45) is 5.73 Å². The summed E-state index contributed by atoms with van der Waals surface area (Å²) in [5.41, 5.74) is 5.37. The topological polar surface area (TPSA) is 77.0 Å². The Kier molecular flexibility index (Phi) is 4.42. The molecule has 5 nitrogen and oxygen atoms in total. The molecule has 0 saturated heterocycles. The fourth-order valence-electron chi connectivity index (χ4n) is 1.10. The third-order valence-corrected chi connectivity index (χ3v) is 1.81. The highest BCUT2D eigenvalue weighted by molar-refractivity contribution is 4.78. The van der Waals surface area contributed by atoms with E-state index in [-0.39, 0.29) is 6.61 Å². The molecule has 0 unspecified atom stereocenters. The predicted molar refractivity (Wildman–Crippen MR) is 48.9 cm³/mol. The Morgan fingerprint density at radius 3 is 2.85 bits per heavy atom. The number of hydrogen-bond acceptors (Lipinski definition) is 4. The standard InChI is InChI=1S/C8H16N4O/c9-6-8-10-7-12(11-8)4-2-1-3-5-13/h7,13H,1-6,9H2. The van der Waals surface area contributed by atoms with Gasteiger partial charge in [0.25, 0.3) is 0 Å². The van der Waals surface area contributed by atoms with Crippen LogP contribution in [0.5, 0.6) is 0 Å². The van der Waals surface area contributed by atoms with Crippen LogP contribution in [0.2, 0.25) is 0 Å². The molecule has 0 aliphatic carbocycles. The van der Waals surface area contributed by atoms with Crippen molar-refractivity contribution in [3.63, 3.8) is 0 Å². The van der Waals surface area contributed by atoms with E-state index < -0.39 is 0 Å². The first-order chi connectivity index (χ1) is 6.36. The van der Waals surface area contributed by atoms with Crippen LogP contribution in [0.25, 0.3) is 0 Å². The number of nitrogens with zero attached hydrogens (tertiary/aromatic N) is 3. The van der Waals surface area contributed by atoms with Gasteiger partial charge in [0.05, 0.1) is 6.54 Å². The third-order valence-electron chi connectivity index (χ3n) is 1.81. The zero-order chi connectivity index (χ0) is 9.52. The summed E-state index contributed by atoms with van der Waals surface area (Å²) in [6.45, 7) is 1.52. The number of aliphatic hydroxyl groups is 1. The summed E-state index contributed by atoms with van der Waals surface area (Å²) in [6.07, 6.45) is 4.60. The third kappa shape index (κ3) is 3.52. The smallest absolute Gasteiger partial charge is 0.164 e. The summed E-state index contributed by atoms with van der Waals surface area (Å²) in [7, 11) is 0. The molecule has 0 aromatic carbocycles. The summed E-state index contributed by atoms with van der Waals surface area (Å²) >= 11 is 0. The number of aliphatic hydroxyl groups excluding tert-OH is 1. The fourth-order valence-corrected chi connectivity index (χ4v) is 1.10. The molecule has 0 bridgehead atoms. The Balaban J connectivity index is 2.20. The quantitative estimate of drug-likeness (QED) is 0.605. The van der Waals surface area contributed by atoms with Crippen LogP contribution in [-0.2, 0) is 13.1 Å². The molecule has 0 aliphatic rings. The van der Waals surface area contributed by atoms with Crippen LogP contribution < -0.4 is 5.73 Å². The van der Waals surface area contributed by atoms with Crippen molar-refractivity contribution in [1.82, 2.24) is 14.8 Å². The van der Waals surface area contributed by atoms with Crippen molar-refractivity contribution in [2.75, 3.05) is 6.61 Å². The van der Waals surface area contributed by atoms with E-state index in [4.69, 9.17) is 10.8 Å². The lowest BCUT2D eigenvalue weighted by Crippen LogP contribution is -2.02. The van der Waals surface area contributed by atoms with Gasteiger partial charge >= 0.3 is 0 Å². The molecule has 0 radical (unpaired) electrons. The van der Waals surface area contributed by atoms with E-state index in [1.54, 1.807) is 11.0 Å². The van der Waals surface area contributed by atoms with Crippen molar-refractivity contribution in [3.8, 4) is 0 Å². The lowest BCUT2D eigenvalue weighted by Gasteiger charge is -1.98. The summed E-state index contributed by atoms with van der Waals surface area (Å²) in [5, 5.41) is 12.7. The monoisotopic (exact) mass is 184 g/mol. The Bertz CT molecular complexity index is 236. The van der Waals surface area contributed by atoms with Crippen LogP contribution in [0.4, 0.5) is 0 Å². The van der Waals surface area contributed by atoms with E-state index in [0.717, 1.165) is 25.8 Å². The number of unbranched alkanes of at least 4 members (excludes halogenated alkanes) is 2. The second kappa shape index (κ2) is 5.66. The van der Waals surface area contributed by atoms with Crippen LogP contribution in [0, 0.1) is 0 Å². The molecule has 5 heteroatoms. The Morgan fingerprint density at radius 1 is 1.38 bits per heavy atom. The second-order valence-corrected chi connectivity index (χ2v) is 2.91. The van der Waals surface area contributed by atoms with Crippen LogP contribution in [0.3, 0.4) is 0 Å². The fraction of sp³-hybridized carbons (Fsp3) is 0.750. The van der Waals surface area contributed by atoms with Gasteiger partial charge in [0.15, 0.2) is 5.82 Å². The van der Waals surface area contributed by atoms with Gasteiger partial charge in [0, 0.05) is 13.2 Å². The molecule has 0 fully saturated rings. The van der Waals surface area contributed by atoms with Gasteiger partial charge in [-0.05, 0) is 19.3 Å². The largest absolute Gasteiger partial charge is 0.396 e. The lowest BCUT2D eigenvalue weighted by molar-refractivity contribution is 0.281. The number of aromatic nitrogens is 3. The van der Waals surface area contributed by atoms with E-state index in [1.807, 2.05) is 0 Å². The highest BCUT2D eigenvalue weighted by Crippen LogP contribution is 1.97. The number of nitrogens with two attached hydrogens (primary N) is 1. The maximum Gasteiger partial charge on any atom is 0.164 e. The zero-order valence-corrected chi connectivity index (χ0v) is 7.69. The molecular formula is C8H16N4O. The summed E-state index contributed by atoms with van der Waals surface area (Å²) in [6, 6.07) is 0. The maximum absolute atomic E-state index is 8.55. The molecule has 0 saturated carbocycles. The zero-order valence-electron chi connectivity index (χ0n) is 7.69. The molecule has 13 heavy (non-hydrogen) atoms. The molecule has 1 aromatic rings. The van der Waals surface area contributed by atoms with Crippen molar-refractivity contribution in [1.29, 1.82) is 0 Å². The van der Waals surface area contributed by atoms with Crippen molar-refractivity contribution >= 4 is 0 Å². The summed E-state index contributed by atoms with van der Waals surface area (Å²) < 4.78 is 1.79. The SMILES string of the molecule is NCc1ncn(CCCCCO)n1. The van der Waals surface area contributed by atoms with Crippen LogP contribution in [0.15, 0.2) is 6.33 Å². The molecule has 3 N–H and O–H groups in total. The average molecular weight is 184 g/mol. The second-order valence-electron chi connectivity index (χ2n) is 2.91. The van der Waals surface area contributed by atoms with Crippen molar-refractivity contribution in [3.05, 3.63) is 12.2 Å².